The van der Waals surface area contributed by atoms with Gasteiger partial charge in [-0.1, -0.05) is 48.5 Å². The molecule has 0 aromatic heterocycles. The van der Waals surface area contributed by atoms with Crippen LogP contribution in [0.5, 0.6) is 5.75 Å². The van der Waals surface area contributed by atoms with Crippen molar-refractivity contribution >= 4 is 5.97 Å². The molecular formula is C18H16O3. The van der Waals surface area contributed by atoms with Gasteiger partial charge >= 0.3 is 5.97 Å². The molecule has 0 heterocycles. The summed E-state index contributed by atoms with van der Waals surface area (Å²) in [5, 5.41) is 0. The van der Waals surface area contributed by atoms with E-state index in [4.69, 9.17) is 4.74 Å². The van der Waals surface area contributed by atoms with Crippen LogP contribution >= 0.6 is 0 Å². The fraction of sp³-hybridized carbons (Fsp3) is 0.0556. The normalized spacial score (nSPS) is 10.3. The van der Waals surface area contributed by atoms with Crippen LogP contribution in [0.1, 0.15) is 5.56 Å². The van der Waals surface area contributed by atoms with E-state index in [9.17, 15) is 4.79 Å². The molecule has 0 spiro atoms. The minimum Gasteiger partial charge on any atom is -0.462 e. The van der Waals surface area contributed by atoms with Gasteiger partial charge in [-0.2, -0.15) is 0 Å². The van der Waals surface area contributed by atoms with E-state index in [1.54, 1.807) is 0 Å². The zero-order valence-electron chi connectivity index (χ0n) is 11.8. The Morgan fingerprint density at radius 3 is 2.10 bits per heavy atom. The Labute approximate surface area is 124 Å². The third kappa shape index (κ3) is 4.35. The van der Waals surface area contributed by atoms with Gasteiger partial charge in [-0.05, 0) is 30.2 Å². The van der Waals surface area contributed by atoms with Crippen LogP contribution in [0.15, 0.2) is 73.7 Å². The van der Waals surface area contributed by atoms with Crippen LogP contribution in [-0.2, 0) is 9.53 Å². The lowest BCUT2D eigenvalue weighted by molar-refractivity contribution is -0.132. The average molecular weight is 280 g/mol. The van der Waals surface area contributed by atoms with Gasteiger partial charge in [0.25, 0.3) is 0 Å². The lowest BCUT2D eigenvalue weighted by Crippen LogP contribution is -1.93. The van der Waals surface area contributed by atoms with Gasteiger partial charge in [0, 0.05) is 6.08 Å². The molecule has 0 saturated heterocycles. The molecule has 2 aromatic carbocycles. The number of carbonyl (C=O) groups excluding carboxylic acids is 1. The summed E-state index contributed by atoms with van der Waals surface area (Å²) in [6, 6.07) is 16.0. The van der Waals surface area contributed by atoms with E-state index in [-0.39, 0.29) is 0 Å². The summed E-state index contributed by atoms with van der Waals surface area (Å²) in [5.41, 5.74) is 3.50. The molecule has 0 aliphatic carbocycles. The zero-order valence-corrected chi connectivity index (χ0v) is 11.8. The summed E-state index contributed by atoms with van der Waals surface area (Å²) >= 11 is 0. The van der Waals surface area contributed by atoms with Crippen molar-refractivity contribution in [2.75, 3.05) is 0 Å². The van der Waals surface area contributed by atoms with E-state index in [2.05, 4.69) is 42.5 Å². The number of ether oxygens (including phenoxy) is 2. The second-order valence-corrected chi connectivity index (χ2v) is 4.42. The summed E-state index contributed by atoms with van der Waals surface area (Å²) in [4.78, 5) is 10.8. The van der Waals surface area contributed by atoms with Crippen molar-refractivity contribution < 1.29 is 14.3 Å². The van der Waals surface area contributed by atoms with Crippen molar-refractivity contribution in [2.45, 2.75) is 6.92 Å². The molecule has 2 aromatic rings. The largest absolute Gasteiger partial charge is 0.462 e. The SMILES string of the molecule is C=CC(=O)O/C=C/Oc1ccc(-c2ccc(C)cc2)cc1. The Kier molecular flexibility index (Phi) is 4.94. The first kappa shape index (κ1) is 14.6. The van der Waals surface area contributed by atoms with E-state index in [0.717, 1.165) is 17.2 Å². The number of carbonyl (C=O) groups is 1. The maximum Gasteiger partial charge on any atom is 0.335 e. The van der Waals surface area contributed by atoms with Crippen LogP contribution < -0.4 is 4.74 Å². The van der Waals surface area contributed by atoms with Gasteiger partial charge in [-0.15, -0.1) is 0 Å². The van der Waals surface area contributed by atoms with Crippen LogP contribution in [-0.4, -0.2) is 5.97 Å². The molecule has 0 bridgehead atoms. The second-order valence-electron chi connectivity index (χ2n) is 4.42. The topological polar surface area (TPSA) is 35.5 Å². The summed E-state index contributed by atoms with van der Waals surface area (Å²) < 4.78 is 9.97. The molecular weight excluding hydrogens is 264 g/mol. The smallest absolute Gasteiger partial charge is 0.335 e. The number of aryl methyl sites for hydroxylation is 1. The van der Waals surface area contributed by atoms with Crippen molar-refractivity contribution in [3.05, 3.63) is 79.3 Å². The molecule has 0 aliphatic heterocycles. The number of hydrogen-bond acceptors (Lipinski definition) is 3. The standard InChI is InChI=1S/C18H16O3/c1-3-18(19)21-13-12-20-17-10-8-16(9-11-17)15-6-4-14(2)5-7-15/h3-13H,1H2,2H3/b13-12+. The maximum absolute atomic E-state index is 10.8. The highest BCUT2D eigenvalue weighted by Gasteiger charge is 1.98. The Morgan fingerprint density at radius 1 is 0.952 bits per heavy atom. The minimum atomic E-state index is -0.524. The fourth-order valence-electron chi connectivity index (χ4n) is 1.72. The minimum absolute atomic E-state index is 0.524. The zero-order chi connectivity index (χ0) is 15.1. The van der Waals surface area contributed by atoms with E-state index in [1.165, 1.54) is 18.1 Å². The Balaban J connectivity index is 1.97. The highest BCUT2D eigenvalue weighted by atomic mass is 16.5. The van der Waals surface area contributed by atoms with Gasteiger partial charge in [0.15, 0.2) is 0 Å². The van der Waals surface area contributed by atoms with Crippen LogP contribution in [0.4, 0.5) is 0 Å². The van der Waals surface area contributed by atoms with Crippen LogP contribution in [0.2, 0.25) is 0 Å². The van der Waals surface area contributed by atoms with Gasteiger partial charge in [0.2, 0.25) is 0 Å². The maximum atomic E-state index is 10.8. The van der Waals surface area contributed by atoms with E-state index in [0.29, 0.717) is 5.75 Å². The van der Waals surface area contributed by atoms with Gasteiger partial charge in [0.1, 0.15) is 18.3 Å². The second kappa shape index (κ2) is 7.10. The molecule has 0 radical (unpaired) electrons. The van der Waals surface area contributed by atoms with Crippen molar-refractivity contribution in [2.24, 2.45) is 0 Å². The van der Waals surface area contributed by atoms with Gasteiger partial charge in [-0.25, -0.2) is 4.79 Å². The number of rotatable bonds is 5. The molecule has 21 heavy (non-hydrogen) atoms. The molecule has 3 heteroatoms. The molecule has 106 valence electrons. The quantitative estimate of drug-likeness (QED) is 0.467. The molecule has 3 nitrogen and oxygen atoms in total. The predicted molar refractivity (Wildman–Crippen MR) is 82.7 cm³/mol. The number of benzene rings is 2. The highest BCUT2D eigenvalue weighted by molar-refractivity contribution is 5.81. The third-order valence-corrected chi connectivity index (χ3v) is 2.85. The Hall–Kier alpha value is -2.81. The molecule has 0 saturated carbocycles. The monoisotopic (exact) mass is 280 g/mol. The number of hydrogen-bond donors (Lipinski definition) is 0. The lowest BCUT2D eigenvalue weighted by Gasteiger charge is -2.04. The molecule has 0 unspecified atom stereocenters. The Bertz CT molecular complexity index is 637. The van der Waals surface area contributed by atoms with Crippen molar-refractivity contribution in [1.29, 1.82) is 0 Å². The molecule has 0 aliphatic rings. The van der Waals surface area contributed by atoms with E-state index < -0.39 is 5.97 Å². The molecule has 0 atom stereocenters. The van der Waals surface area contributed by atoms with Crippen LogP contribution in [0, 0.1) is 6.92 Å². The Morgan fingerprint density at radius 2 is 1.52 bits per heavy atom. The van der Waals surface area contributed by atoms with Gasteiger partial charge in [-0.3, -0.25) is 0 Å². The third-order valence-electron chi connectivity index (χ3n) is 2.85. The van der Waals surface area contributed by atoms with E-state index in [1.807, 2.05) is 24.3 Å². The first-order valence-electron chi connectivity index (χ1n) is 6.51. The average Bonchev–Trinajstić information content (AvgIpc) is 2.52. The van der Waals surface area contributed by atoms with Crippen molar-refractivity contribution in [3.63, 3.8) is 0 Å². The van der Waals surface area contributed by atoms with Crippen LogP contribution in [0.3, 0.4) is 0 Å². The highest BCUT2D eigenvalue weighted by Crippen LogP contribution is 2.22. The first-order valence-corrected chi connectivity index (χ1v) is 6.51. The van der Waals surface area contributed by atoms with Crippen molar-refractivity contribution in [1.82, 2.24) is 0 Å². The first-order chi connectivity index (χ1) is 10.2. The molecule has 0 fully saturated rings. The molecule has 0 amide bonds. The van der Waals surface area contributed by atoms with Gasteiger partial charge in [0.05, 0.1) is 0 Å². The number of esters is 1. The van der Waals surface area contributed by atoms with Crippen LogP contribution in [0.25, 0.3) is 11.1 Å². The fourth-order valence-corrected chi connectivity index (χ4v) is 1.72. The summed E-state index contributed by atoms with van der Waals surface area (Å²) in [6.07, 6.45) is 3.57. The molecule has 0 N–H and O–H groups in total. The summed E-state index contributed by atoms with van der Waals surface area (Å²) in [5.74, 6) is 0.140. The summed E-state index contributed by atoms with van der Waals surface area (Å²) in [6.45, 7) is 5.35. The van der Waals surface area contributed by atoms with Gasteiger partial charge < -0.3 is 9.47 Å². The lowest BCUT2D eigenvalue weighted by atomic mass is 10.0. The van der Waals surface area contributed by atoms with E-state index >= 15 is 0 Å². The molecule has 2 rings (SSSR count). The predicted octanol–water partition coefficient (Wildman–Crippen LogP) is 4.24. The van der Waals surface area contributed by atoms with Crippen molar-refractivity contribution in [3.8, 4) is 16.9 Å². The summed E-state index contributed by atoms with van der Waals surface area (Å²) in [7, 11) is 0.